The minimum atomic E-state index is -0.654. The zero-order chi connectivity index (χ0) is 27.6. The zero-order valence-corrected chi connectivity index (χ0v) is 21.3. The van der Waals surface area contributed by atoms with Crippen LogP contribution in [0.1, 0.15) is 15.9 Å². The number of halogens is 2. The Morgan fingerprint density at radius 3 is 2.21 bits per heavy atom. The number of carbonyl (C=O) groups is 3. The largest absolute Gasteiger partial charge is 0.325 e. The molecule has 0 aliphatic heterocycles. The summed E-state index contributed by atoms with van der Waals surface area (Å²) in [5, 5.41) is 7.98. The molecule has 0 saturated heterocycles. The van der Waals surface area contributed by atoms with Crippen molar-refractivity contribution in [1.29, 1.82) is 0 Å². The maximum absolute atomic E-state index is 14.3. The Balaban J connectivity index is 1.45. The van der Waals surface area contributed by atoms with Gasteiger partial charge in [0.1, 0.15) is 17.3 Å². The Labute approximate surface area is 228 Å². The van der Waals surface area contributed by atoms with Gasteiger partial charge in [0.2, 0.25) is 5.91 Å². The fourth-order valence-electron chi connectivity index (χ4n) is 3.43. The Hall–Kier alpha value is -4.76. The van der Waals surface area contributed by atoms with Gasteiger partial charge in [-0.1, -0.05) is 42.5 Å². The number of nitrogens with one attached hydrogen (secondary N) is 3. The van der Waals surface area contributed by atoms with E-state index in [1.807, 2.05) is 0 Å². The van der Waals surface area contributed by atoms with E-state index >= 15 is 0 Å². The first kappa shape index (κ1) is 27.3. The van der Waals surface area contributed by atoms with Crippen LogP contribution < -0.4 is 16.0 Å². The molecule has 0 atom stereocenters. The van der Waals surface area contributed by atoms with Crippen LogP contribution in [-0.2, 0) is 9.59 Å². The fourth-order valence-corrected chi connectivity index (χ4v) is 4.19. The molecular weight excluding hydrogens is 520 g/mol. The minimum absolute atomic E-state index is 0.0837. The average molecular weight is 544 g/mol. The van der Waals surface area contributed by atoms with Crippen LogP contribution in [0.5, 0.6) is 0 Å². The normalized spacial score (nSPS) is 11.0. The maximum Gasteiger partial charge on any atom is 0.272 e. The standard InChI is InChI=1S/C30H23F2N3O3S/c31-22-13-15-23(16-14-22)33-28(36)19-39-25-11-6-10-24(18-25)34-30(38)27(17-21-9-4-5-12-26(21)32)35-29(37)20-7-2-1-3-8-20/h1-18H,19H2,(H,33,36)(H,34,38)(H,35,37)/b27-17-. The van der Waals surface area contributed by atoms with Crippen LogP contribution in [0.15, 0.2) is 114 Å². The number of rotatable bonds is 9. The van der Waals surface area contributed by atoms with Crippen LogP contribution in [0.3, 0.4) is 0 Å². The van der Waals surface area contributed by atoms with Crippen molar-refractivity contribution >= 4 is 46.9 Å². The highest BCUT2D eigenvalue weighted by Crippen LogP contribution is 2.23. The third-order valence-corrected chi connectivity index (χ3v) is 6.32. The molecule has 3 amide bonds. The summed E-state index contributed by atoms with van der Waals surface area (Å²) in [7, 11) is 0. The number of thioether (sulfide) groups is 1. The molecule has 6 nitrogen and oxygen atoms in total. The summed E-state index contributed by atoms with van der Waals surface area (Å²) in [6.07, 6.45) is 1.27. The fraction of sp³-hybridized carbons (Fsp3) is 0.0333. The smallest absolute Gasteiger partial charge is 0.272 e. The lowest BCUT2D eigenvalue weighted by molar-refractivity contribution is -0.114. The number of anilines is 2. The first-order valence-corrected chi connectivity index (χ1v) is 12.8. The van der Waals surface area contributed by atoms with E-state index in [4.69, 9.17) is 0 Å². The summed E-state index contributed by atoms with van der Waals surface area (Å²) in [6, 6.07) is 26.5. The predicted octanol–water partition coefficient (Wildman–Crippen LogP) is 6.11. The van der Waals surface area contributed by atoms with Crippen molar-refractivity contribution in [3.63, 3.8) is 0 Å². The molecule has 0 heterocycles. The van der Waals surface area contributed by atoms with Crippen molar-refractivity contribution in [3.8, 4) is 0 Å². The van der Waals surface area contributed by atoms with Crippen LogP contribution in [0.4, 0.5) is 20.2 Å². The summed E-state index contributed by atoms with van der Waals surface area (Å²) in [6.45, 7) is 0. The Kier molecular flexibility index (Phi) is 9.20. The third-order valence-electron chi connectivity index (χ3n) is 5.32. The molecule has 0 radical (unpaired) electrons. The molecule has 0 bridgehead atoms. The molecular formula is C30H23F2N3O3S. The molecule has 9 heteroatoms. The average Bonchev–Trinajstić information content (AvgIpc) is 2.94. The maximum atomic E-state index is 14.3. The molecule has 0 spiro atoms. The van der Waals surface area contributed by atoms with Crippen molar-refractivity contribution in [3.05, 3.63) is 132 Å². The predicted molar refractivity (Wildman–Crippen MR) is 149 cm³/mol. The van der Waals surface area contributed by atoms with E-state index in [-0.39, 0.29) is 22.9 Å². The topological polar surface area (TPSA) is 87.3 Å². The van der Waals surface area contributed by atoms with Gasteiger partial charge in [-0.05, 0) is 66.7 Å². The van der Waals surface area contributed by atoms with Gasteiger partial charge < -0.3 is 16.0 Å². The zero-order valence-electron chi connectivity index (χ0n) is 20.5. The molecule has 4 aromatic rings. The number of carbonyl (C=O) groups excluding carboxylic acids is 3. The number of hydrogen-bond acceptors (Lipinski definition) is 4. The third kappa shape index (κ3) is 8.11. The van der Waals surface area contributed by atoms with Crippen molar-refractivity contribution in [2.24, 2.45) is 0 Å². The second kappa shape index (κ2) is 13.2. The van der Waals surface area contributed by atoms with Crippen molar-refractivity contribution < 1.29 is 23.2 Å². The lowest BCUT2D eigenvalue weighted by Crippen LogP contribution is -2.30. The van der Waals surface area contributed by atoms with Gasteiger partial charge in [0.25, 0.3) is 11.8 Å². The van der Waals surface area contributed by atoms with E-state index in [0.29, 0.717) is 21.8 Å². The number of hydrogen-bond donors (Lipinski definition) is 3. The molecule has 4 rings (SSSR count). The quantitative estimate of drug-likeness (QED) is 0.176. The monoisotopic (exact) mass is 543 g/mol. The highest BCUT2D eigenvalue weighted by atomic mass is 32.2. The second-order valence-electron chi connectivity index (χ2n) is 8.23. The van der Waals surface area contributed by atoms with Gasteiger partial charge in [-0.2, -0.15) is 0 Å². The summed E-state index contributed by atoms with van der Waals surface area (Å²) in [5.74, 6) is -2.31. The molecule has 196 valence electrons. The van der Waals surface area contributed by atoms with E-state index in [0.717, 1.165) is 0 Å². The Bertz CT molecular complexity index is 1510. The Morgan fingerprint density at radius 2 is 1.46 bits per heavy atom. The lowest BCUT2D eigenvalue weighted by Gasteiger charge is -2.12. The minimum Gasteiger partial charge on any atom is -0.325 e. The van der Waals surface area contributed by atoms with Crippen LogP contribution in [-0.4, -0.2) is 23.5 Å². The molecule has 39 heavy (non-hydrogen) atoms. The van der Waals surface area contributed by atoms with Crippen molar-refractivity contribution in [1.82, 2.24) is 5.32 Å². The van der Waals surface area contributed by atoms with Crippen LogP contribution in [0.2, 0.25) is 0 Å². The first-order valence-electron chi connectivity index (χ1n) is 11.8. The molecule has 0 fully saturated rings. The van der Waals surface area contributed by atoms with E-state index < -0.39 is 23.4 Å². The highest BCUT2D eigenvalue weighted by Gasteiger charge is 2.16. The second-order valence-corrected chi connectivity index (χ2v) is 9.27. The first-order chi connectivity index (χ1) is 18.9. The molecule has 4 aromatic carbocycles. The summed E-state index contributed by atoms with van der Waals surface area (Å²) in [4.78, 5) is 38.9. The molecule has 0 unspecified atom stereocenters. The van der Waals surface area contributed by atoms with E-state index in [9.17, 15) is 23.2 Å². The van der Waals surface area contributed by atoms with Crippen LogP contribution in [0, 0.1) is 11.6 Å². The SMILES string of the molecule is O=C(CSc1cccc(NC(=O)/C(=C/c2ccccc2F)NC(=O)c2ccccc2)c1)Nc1ccc(F)cc1. The van der Waals surface area contributed by atoms with Gasteiger partial charge in [-0.25, -0.2) is 8.78 Å². The number of amides is 3. The molecule has 0 saturated carbocycles. The van der Waals surface area contributed by atoms with E-state index in [2.05, 4.69) is 16.0 Å². The molecule has 0 aliphatic carbocycles. The van der Waals surface area contributed by atoms with Crippen molar-refractivity contribution in [2.45, 2.75) is 4.90 Å². The van der Waals surface area contributed by atoms with Gasteiger partial charge in [-0.15, -0.1) is 11.8 Å². The van der Waals surface area contributed by atoms with Gasteiger partial charge in [0.15, 0.2) is 0 Å². The summed E-state index contributed by atoms with van der Waals surface area (Å²) < 4.78 is 27.4. The van der Waals surface area contributed by atoms with Crippen LogP contribution in [0.25, 0.3) is 6.08 Å². The summed E-state index contributed by atoms with van der Waals surface area (Å²) in [5.41, 5.74) is 1.22. The summed E-state index contributed by atoms with van der Waals surface area (Å²) >= 11 is 1.24. The van der Waals surface area contributed by atoms with E-state index in [1.165, 1.54) is 60.3 Å². The van der Waals surface area contributed by atoms with Gasteiger partial charge in [-0.3, -0.25) is 14.4 Å². The van der Waals surface area contributed by atoms with E-state index in [1.54, 1.807) is 60.7 Å². The van der Waals surface area contributed by atoms with Gasteiger partial charge in [0.05, 0.1) is 5.75 Å². The number of benzene rings is 4. The molecule has 3 N–H and O–H groups in total. The van der Waals surface area contributed by atoms with Crippen molar-refractivity contribution in [2.75, 3.05) is 16.4 Å². The molecule has 0 aromatic heterocycles. The van der Waals surface area contributed by atoms with Crippen LogP contribution >= 0.6 is 11.8 Å². The Morgan fingerprint density at radius 1 is 0.744 bits per heavy atom. The lowest BCUT2D eigenvalue weighted by atomic mass is 10.1. The molecule has 0 aliphatic rings. The van der Waals surface area contributed by atoms with Gasteiger partial charge in [0, 0.05) is 27.4 Å². The van der Waals surface area contributed by atoms with Gasteiger partial charge >= 0.3 is 0 Å². The highest BCUT2D eigenvalue weighted by molar-refractivity contribution is 8.00.